The lowest BCUT2D eigenvalue weighted by molar-refractivity contribution is -0.120. The second kappa shape index (κ2) is 7.82. The number of carbonyl (C=O) groups excluding carboxylic acids is 3. The zero-order valence-electron chi connectivity index (χ0n) is 14.2. The van der Waals surface area contributed by atoms with E-state index < -0.39 is 17.8 Å². The van der Waals surface area contributed by atoms with Crippen molar-refractivity contribution in [2.45, 2.75) is 6.92 Å². The van der Waals surface area contributed by atoms with Gasteiger partial charge in [-0.1, -0.05) is 29.3 Å². The van der Waals surface area contributed by atoms with E-state index in [2.05, 4.69) is 5.32 Å². The van der Waals surface area contributed by atoms with E-state index in [0.29, 0.717) is 22.0 Å². The normalized spacial score (nSPS) is 14.0. The van der Waals surface area contributed by atoms with Crippen LogP contribution >= 0.6 is 23.2 Å². The maximum atomic E-state index is 12.7. The highest BCUT2D eigenvalue weighted by atomic mass is 35.5. The second-order valence-electron chi connectivity index (χ2n) is 5.54. The fourth-order valence-electron chi connectivity index (χ4n) is 2.51. The minimum Gasteiger partial charge on any atom is -0.462 e. The lowest BCUT2D eigenvalue weighted by Crippen LogP contribution is -2.32. The van der Waals surface area contributed by atoms with E-state index >= 15 is 0 Å². The van der Waals surface area contributed by atoms with E-state index in [9.17, 15) is 14.4 Å². The molecule has 8 heteroatoms. The van der Waals surface area contributed by atoms with Gasteiger partial charge in [-0.05, 0) is 49.4 Å². The Balaban J connectivity index is 1.82. The predicted octanol–water partition coefficient (Wildman–Crippen LogP) is 3.95. The van der Waals surface area contributed by atoms with Crippen molar-refractivity contribution in [1.82, 2.24) is 0 Å². The summed E-state index contributed by atoms with van der Waals surface area (Å²) in [4.78, 5) is 37.7. The van der Waals surface area contributed by atoms with Crippen LogP contribution in [0.2, 0.25) is 5.02 Å². The van der Waals surface area contributed by atoms with Crippen LogP contribution in [-0.4, -0.2) is 24.4 Å². The minimum atomic E-state index is -0.644. The molecule has 1 N–H and O–H groups in total. The van der Waals surface area contributed by atoms with Gasteiger partial charge in [0, 0.05) is 10.7 Å². The summed E-state index contributed by atoms with van der Waals surface area (Å²) in [5.74, 6) is -1.68. The largest absolute Gasteiger partial charge is 0.462 e. The summed E-state index contributed by atoms with van der Waals surface area (Å²) >= 11 is 12.0. The average Bonchev–Trinajstić information content (AvgIpc) is 2.86. The number of nitrogens with zero attached hydrogens (tertiary/aromatic N) is 1. The molecule has 0 saturated carbocycles. The van der Waals surface area contributed by atoms with Gasteiger partial charge in [0.15, 0.2) is 0 Å². The highest BCUT2D eigenvalue weighted by Gasteiger charge is 2.39. The van der Waals surface area contributed by atoms with Crippen LogP contribution in [0.3, 0.4) is 0 Å². The van der Waals surface area contributed by atoms with Gasteiger partial charge in [-0.2, -0.15) is 0 Å². The number of hydrogen-bond donors (Lipinski definition) is 1. The summed E-state index contributed by atoms with van der Waals surface area (Å²) in [6.45, 7) is 1.99. The third kappa shape index (κ3) is 3.82. The third-order valence-electron chi connectivity index (χ3n) is 3.76. The van der Waals surface area contributed by atoms with Crippen LogP contribution in [-0.2, 0) is 14.3 Å². The Bertz CT molecular complexity index is 954. The molecule has 138 valence electrons. The Morgan fingerprint density at radius 2 is 1.78 bits per heavy atom. The zero-order valence-corrected chi connectivity index (χ0v) is 15.7. The molecule has 0 spiro atoms. The van der Waals surface area contributed by atoms with Gasteiger partial charge in [-0.15, -0.1) is 0 Å². The second-order valence-corrected chi connectivity index (χ2v) is 6.35. The van der Waals surface area contributed by atoms with Crippen molar-refractivity contribution < 1.29 is 19.1 Å². The van der Waals surface area contributed by atoms with Gasteiger partial charge in [0.05, 0.1) is 17.9 Å². The fraction of sp³-hybridized carbons (Fsp3) is 0.105. The molecule has 0 aromatic heterocycles. The van der Waals surface area contributed by atoms with Crippen LogP contribution < -0.4 is 10.2 Å². The standard InChI is InChI=1S/C19H14Cl2N2O4/c1-2-27-19(26)11-6-8-13(9-7-11)22-16-15(21)17(24)23(18(16)25)14-5-3-4-12(20)10-14/h3-10,22H,2H2,1H3. The number of amides is 2. The number of esters is 1. The molecule has 2 amide bonds. The SMILES string of the molecule is CCOC(=O)c1ccc(NC2=C(Cl)C(=O)N(c3cccc(Cl)c3)C2=O)cc1. The van der Waals surface area contributed by atoms with Crippen molar-refractivity contribution in [2.75, 3.05) is 16.8 Å². The van der Waals surface area contributed by atoms with E-state index in [4.69, 9.17) is 27.9 Å². The number of anilines is 2. The Kier molecular flexibility index (Phi) is 5.48. The van der Waals surface area contributed by atoms with E-state index in [0.717, 1.165) is 4.90 Å². The quantitative estimate of drug-likeness (QED) is 0.602. The molecule has 0 saturated heterocycles. The van der Waals surface area contributed by atoms with Gasteiger partial charge >= 0.3 is 5.97 Å². The maximum absolute atomic E-state index is 12.7. The Morgan fingerprint density at radius 3 is 2.41 bits per heavy atom. The van der Waals surface area contributed by atoms with Crippen LogP contribution in [0.1, 0.15) is 17.3 Å². The summed E-state index contributed by atoms with van der Waals surface area (Å²) in [5, 5.41) is 3.00. The lowest BCUT2D eigenvalue weighted by Gasteiger charge is -2.15. The molecule has 3 rings (SSSR count). The minimum absolute atomic E-state index is 0.0504. The van der Waals surface area contributed by atoms with Crippen molar-refractivity contribution in [2.24, 2.45) is 0 Å². The third-order valence-corrected chi connectivity index (χ3v) is 4.34. The Morgan fingerprint density at radius 1 is 1.07 bits per heavy atom. The summed E-state index contributed by atoms with van der Waals surface area (Å²) in [7, 11) is 0. The summed E-state index contributed by atoms with van der Waals surface area (Å²) in [6.07, 6.45) is 0. The molecule has 0 radical (unpaired) electrons. The van der Waals surface area contributed by atoms with E-state index in [1.807, 2.05) is 0 Å². The Labute approximate surface area is 165 Å². The molecule has 0 unspecified atom stereocenters. The fourth-order valence-corrected chi connectivity index (χ4v) is 2.91. The molecular formula is C19H14Cl2N2O4. The highest BCUT2D eigenvalue weighted by Crippen LogP contribution is 2.31. The van der Waals surface area contributed by atoms with Crippen molar-refractivity contribution in [1.29, 1.82) is 0 Å². The molecule has 0 atom stereocenters. The van der Waals surface area contributed by atoms with Gasteiger partial charge < -0.3 is 10.1 Å². The van der Waals surface area contributed by atoms with E-state index in [1.165, 1.54) is 6.07 Å². The monoisotopic (exact) mass is 404 g/mol. The van der Waals surface area contributed by atoms with Crippen LogP contribution in [0, 0.1) is 0 Å². The number of rotatable bonds is 5. The number of nitrogens with one attached hydrogen (secondary N) is 1. The van der Waals surface area contributed by atoms with Gasteiger partial charge in [-0.25, -0.2) is 9.69 Å². The number of carbonyl (C=O) groups is 3. The molecule has 6 nitrogen and oxygen atoms in total. The van der Waals surface area contributed by atoms with Gasteiger partial charge in [0.1, 0.15) is 10.7 Å². The molecule has 1 aliphatic rings. The first-order valence-electron chi connectivity index (χ1n) is 8.00. The number of hydrogen-bond acceptors (Lipinski definition) is 5. The molecule has 0 bridgehead atoms. The number of benzene rings is 2. The van der Waals surface area contributed by atoms with Crippen LogP contribution in [0.5, 0.6) is 0 Å². The molecule has 27 heavy (non-hydrogen) atoms. The maximum Gasteiger partial charge on any atom is 0.338 e. The molecule has 0 fully saturated rings. The number of ether oxygens (including phenoxy) is 1. The molecular weight excluding hydrogens is 391 g/mol. The lowest BCUT2D eigenvalue weighted by atomic mass is 10.2. The summed E-state index contributed by atoms with van der Waals surface area (Å²) < 4.78 is 4.92. The molecule has 1 aliphatic heterocycles. The number of imide groups is 1. The smallest absolute Gasteiger partial charge is 0.338 e. The van der Waals surface area contributed by atoms with Crippen LogP contribution in [0.15, 0.2) is 59.3 Å². The van der Waals surface area contributed by atoms with E-state index in [1.54, 1.807) is 49.4 Å². The topological polar surface area (TPSA) is 75.7 Å². The van der Waals surface area contributed by atoms with Gasteiger partial charge in [-0.3, -0.25) is 9.59 Å². The zero-order chi connectivity index (χ0) is 19.6. The first-order valence-corrected chi connectivity index (χ1v) is 8.76. The van der Waals surface area contributed by atoms with Crippen molar-refractivity contribution in [3.05, 3.63) is 69.8 Å². The molecule has 0 aliphatic carbocycles. The molecule has 2 aromatic carbocycles. The average molecular weight is 405 g/mol. The van der Waals surface area contributed by atoms with Gasteiger partial charge in [0.25, 0.3) is 11.8 Å². The Hall–Kier alpha value is -2.83. The first kappa shape index (κ1) is 18.9. The first-order chi connectivity index (χ1) is 12.9. The summed E-state index contributed by atoms with van der Waals surface area (Å²) in [6, 6.07) is 12.6. The number of halogens is 2. The van der Waals surface area contributed by atoms with Crippen molar-refractivity contribution in [3.8, 4) is 0 Å². The van der Waals surface area contributed by atoms with Crippen molar-refractivity contribution in [3.63, 3.8) is 0 Å². The van der Waals surface area contributed by atoms with E-state index in [-0.39, 0.29) is 17.3 Å². The molecule has 2 aromatic rings. The summed E-state index contributed by atoms with van der Waals surface area (Å²) in [5.41, 5.74) is 1.14. The van der Waals surface area contributed by atoms with Crippen LogP contribution in [0.25, 0.3) is 0 Å². The predicted molar refractivity (Wildman–Crippen MR) is 103 cm³/mol. The highest BCUT2D eigenvalue weighted by molar-refractivity contribution is 6.53. The van der Waals surface area contributed by atoms with Crippen LogP contribution in [0.4, 0.5) is 11.4 Å². The molecule has 1 heterocycles. The van der Waals surface area contributed by atoms with Gasteiger partial charge in [0.2, 0.25) is 0 Å². The van der Waals surface area contributed by atoms with Crippen molar-refractivity contribution >= 4 is 52.4 Å².